The molecule has 2 heterocycles. The topological polar surface area (TPSA) is 58.4 Å². The van der Waals surface area contributed by atoms with Gasteiger partial charge in [0.05, 0.1) is 0 Å². The normalized spacial score (nSPS) is 22.1. The van der Waals surface area contributed by atoms with E-state index in [1.165, 1.54) is 6.42 Å². The van der Waals surface area contributed by atoms with Gasteiger partial charge in [0.15, 0.2) is 5.69 Å². The first-order valence-corrected chi connectivity index (χ1v) is 6.72. The fraction of sp³-hybridized carbons (Fsp3) is 0.692. The minimum Gasteiger partial charge on any atom is -0.361 e. The molecule has 2 fully saturated rings. The Morgan fingerprint density at radius 3 is 2.84 bits per heavy atom. The van der Waals surface area contributed by atoms with Crippen LogP contribution < -0.4 is 5.32 Å². The van der Waals surface area contributed by atoms with Crippen molar-refractivity contribution in [3.63, 3.8) is 0 Å². The third kappa shape index (κ3) is 3.28. The first kappa shape index (κ1) is 14.3. The van der Waals surface area contributed by atoms with E-state index in [2.05, 4.69) is 10.5 Å². The van der Waals surface area contributed by atoms with Crippen LogP contribution in [0.25, 0.3) is 0 Å². The van der Waals surface area contributed by atoms with Crippen LogP contribution in [0, 0.1) is 6.92 Å². The van der Waals surface area contributed by atoms with Crippen molar-refractivity contribution in [3.05, 3.63) is 17.5 Å². The lowest BCUT2D eigenvalue weighted by molar-refractivity contribution is 0.0718. The molecule has 1 saturated carbocycles. The molecule has 1 aliphatic carbocycles. The summed E-state index contributed by atoms with van der Waals surface area (Å²) in [5.74, 6) is 0.705. The van der Waals surface area contributed by atoms with Gasteiger partial charge in [-0.2, -0.15) is 0 Å². The van der Waals surface area contributed by atoms with Gasteiger partial charge in [-0.15, -0.1) is 12.4 Å². The molecule has 1 aromatic heterocycles. The second-order valence-electron chi connectivity index (χ2n) is 5.30. The molecule has 1 unspecified atom stereocenters. The van der Waals surface area contributed by atoms with E-state index in [1.807, 2.05) is 11.8 Å². The summed E-state index contributed by atoms with van der Waals surface area (Å²) in [5.41, 5.74) is 0.442. The summed E-state index contributed by atoms with van der Waals surface area (Å²) >= 11 is 0. The zero-order chi connectivity index (χ0) is 12.5. The maximum absolute atomic E-state index is 12.4. The molecule has 19 heavy (non-hydrogen) atoms. The van der Waals surface area contributed by atoms with E-state index >= 15 is 0 Å². The largest absolute Gasteiger partial charge is 0.361 e. The minimum absolute atomic E-state index is 0. The number of carbonyl (C=O) groups is 1. The van der Waals surface area contributed by atoms with Crippen molar-refractivity contribution in [2.75, 3.05) is 13.1 Å². The van der Waals surface area contributed by atoms with Crippen LogP contribution in [0.15, 0.2) is 10.6 Å². The molecule has 1 atom stereocenters. The summed E-state index contributed by atoms with van der Waals surface area (Å²) in [6.45, 7) is 3.68. The number of aromatic nitrogens is 1. The smallest absolute Gasteiger partial charge is 0.276 e. The lowest BCUT2D eigenvalue weighted by Gasteiger charge is -2.24. The fourth-order valence-electron chi connectivity index (χ4n) is 2.55. The summed E-state index contributed by atoms with van der Waals surface area (Å²) in [5, 5.41) is 7.28. The van der Waals surface area contributed by atoms with Crippen LogP contribution in [-0.2, 0) is 0 Å². The Morgan fingerprint density at radius 2 is 2.32 bits per heavy atom. The number of rotatable bonds is 4. The van der Waals surface area contributed by atoms with E-state index < -0.39 is 0 Å². The van der Waals surface area contributed by atoms with E-state index in [0.29, 0.717) is 23.5 Å². The van der Waals surface area contributed by atoms with Crippen LogP contribution in [0.2, 0.25) is 0 Å². The third-order valence-electron chi connectivity index (χ3n) is 3.68. The van der Waals surface area contributed by atoms with E-state index in [1.54, 1.807) is 6.07 Å². The molecule has 106 valence electrons. The predicted molar refractivity (Wildman–Crippen MR) is 73.6 cm³/mol. The van der Waals surface area contributed by atoms with E-state index in [-0.39, 0.29) is 18.3 Å². The Hall–Kier alpha value is -1.07. The highest BCUT2D eigenvalue weighted by Crippen LogP contribution is 2.29. The van der Waals surface area contributed by atoms with Gasteiger partial charge in [0, 0.05) is 24.7 Å². The molecular formula is C13H20ClN3O2. The number of halogens is 1. The first-order valence-electron chi connectivity index (χ1n) is 6.72. The van der Waals surface area contributed by atoms with Gasteiger partial charge in [0.2, 0.25) is 0 Å². The maximum Gasteiger partial charge on any atom is 0.276 e. The number of aryl methyl sites for hydroxylation is 1. The summed E-state index contributed by atoms with van der Waals surface area (Å²) in [7, 11) is 0. The second kappa shape index (κ2) is 5.92. The third-order valence-corrected chi connectivity index (χ3v) is 3.68. The highest BCUT2D eigenvalue weighted by atomic mass is 35.5. The number of nitrogens with zero attached hydrogens (tertiary/aromatic N) is 2. The van der Waals surface area contributed by atoms with Crippen molar-refractivity contribution >= 4 is 18.3 Å². The molecule has 1 N–H and O–H groups in total. The molecule has 1 aliphatic heterocycles. The minimum atomic E-state index is 0. The van der Waals surface area contributed by atoms with Crippen molar-refractivity contribution in [1.29, 1.82) is 0 Å². The Kier molecular flexibility index (Phi) is 4.47. The summed E-state index contributed by atoms with van der Waals surface area (Å²) in [4.78, 5) is 14.4. The average Bonchev–Trinajstić information content (AvgIpc) is 2.88. The van der Waals surface area contributed by atoms with Crippen LogP contribution in [0.1, 0.15) is 41.9 Å². The van der Waals surface area contributed by atoms with Crippen LogP contribution >= 0.6 is 12.4 Å². The van der Waals surface area contributed by atoms with Crippen molar-refractivity contribution in [3.8, 4) is 0 Å². The van der Waals surface area contributed by atoms with E-state index in [4.69, 9.17) is 4.52 Å². The Balaban J connectivity index is 0.00000133. The fourth-order valence-corrected chi connectivity index (χ4v) is 2.55. The highest BCUT2D eigenvalue weighted by molar-refractivity contribution is 5.92. The van der Waals surface area contributed by atoms with Gasteiger partial charge in [-0.1, -0.05) is 5.16 Å². The van der Waals surface area contributed by atoms with Crippen molar-refractivity contribution < 1.29 is 9.32 Å². The molecule has 0 aromatic carbocycles. The van der Waals surface area contributed by atoms with Crippen LogP contribution in [0.5, 0.6) is 0 Å². The zero-order valence-corrected chi connectivity index (χ0v) is 11.9. The lowest BCUT2D eigenvalue weighted by atomic mass is 10.2. The van der Waals surface area contributed by atoms with Gasteiger partial charge >= 0.3 is 0 Å². The number of nitrogens with one attached hydrogen (secondary N) is 1. The molecule has 1 amide bonds. The number of hydrogen-bond donors (Lipinski definition) is 1. The Morgan fingerprint density at radius 1 is 1.53 bits per heavy atom. The van der Waals surface area contributed by atoms with Gasteiger partial charge in [-0.05, 0) is 39.2 Å². The van der Waals surface area contributed by atoms with Crippen LogP contribution in [0.3, 0.4) is 0 Å². The van der Waals surface area contributed by atoms with E-state index in [9.17, 15) is 4.79 Å². The molecule has 1 saturated heterocycles. The van der Waals surface area contributed by atoms with E-state index in [0.717, 1.165) is 32.4 Å². The second-order valence-corrected chi connectivity index (χ2v) is 5.30. The van der Waals surface area contributed by atoms with Gasteiger partial charge in [-0.25, -0.2) is 0 Å². The van der Waals surface area contributed by atoms with Crippen molar-refractivity contribution in [2.45, 2.75) is 44.7 Å². The Bertz CT molecular complexity index is 439. The van der Waals surface area contributed by atoms with Crippen molar-refractivity contribution in [2.24, 2.45) is 0 Å². The number of carbonyl (C=O) groups excluding carboxylic acids is 1. The van der Waals surface area contributed by atoms with Crippen molar-refractivity contribution in [1.82, 2.24) is 15.4 Å². The SMILES string of the molecule is Cc1cc(C(=O)N(CC2CCCN2)C2CC2)no1.Cl. The standard InChI is InChI=1S/C13H19N3O2.ClH/c1-9-7-12(15-18-9)13(17)16(11-4-5-11)8-10-3-2-6-14-10;/h7,10-11,14H,2-6,8H2,1H3;1H. The van der Waals surface area contributed by atoms with Gasteiger partial charge in [-0.3, -0.25) is 4.79 Å². The highest BCUT2D eigenvalue weighted by Gasteiger charge is 2.35. The number of amides is 1. The summed E-state index contributed by atoms with van der Waals surface area (Å²) < 4.78 is 4.99. The Labute approximate surface area is 119 Å². The zero-order valence-electron chi connectivity index (χ0n) is 11.1. The first-order chi connectivity index (χ1) is 8.74. The quantitative estimate of drug-likeness (QED) is 0.916. The molecular weight excluding hydrogens is 266 g/mol. The maximum atomic E-state index is 12.4. The molecule has 0 bridgehead atoms. The van der Waals surface area contributed by atoms with Gasteiger partial charge in [0.1, 0.15) is 5.76 Å². The molecule has 5 nitrogen and oxygen atoms in total. The number of hydrogen-bond acceptors (Lipinski definition) is 4. The van der Waals surface area contributed by atoms with Gasteiger partial charge < -0.3 is 14.7 Å². The van der Waals surface area contributed by atoms with Gasteiger partial charge in [0.25, 0.3) is 5.91 Å². The average molecular weight is 286 g/mol. The lowest BCUT2D eigenvalue weighted by Crippen LogP contribution is -2.42. The summed E-state index contributed by atoms with van der Waals surface area (Å²) in [6, 6.07) is 2.58. The van der Waals surface area contributed by atoms with Crippen LogP contribution in [0.4, 0.5) is 0 Å². The van der Waals surface area contributed by atoms with Crippen LogP contribution in [-0.4, -0.2) is 41.1 Å². The molecule has 0 radical (unpaired) electrons. The summed E-state index contributed by atoms with van der Waals surface area (Å²) in [6.07, 6.45) is 4.61. The molecule has 6 heteroatoms. The molecule has 2 aliphatic rings. The monoisotopic (exact) mass is 285 g/mol. The molecule has 0 spiro atoms. The predicted octanol–water partition coefficient (Wildman–Crippen LogP) is 1.76. The molecule has 3 rings (SSSR count). The molecule has 1 aromatic rings.